The second-order valence-electron chi connectivity index (χ2n) is 5.09. The van der Waals surface area contributed by atoms with E-state index >= 15 is 0 Å². The minimum Gasteiger partial charge on any atom is -0.315 e. The lowest BCUT2D eigenvalue weighted by atomic mass is 10.1. The van der Waals surface area contributed by atoms with Gasteiger partial charge < -0.3 is 5.32 Å². The van der Waals surface area contributed by atoms with Crippen LogP contribution in [0.3, 0.4) is 0 Å². The van der Waals surface area contributed by atoms with Gasteiger partial charge >= 0.3 is 0 Å². The number of halogens is 1. The highest BCUT2D eigenvalue weighted by molar-refractivity contribution is 7.88. The van der Waals surface area contributed by atoms with E-state index in [0.717, 1.165) is 19.4 Å². The minimum absolute atomic E-state index is 0.0270. The molecular formula is C14H21FN2O2S. The minimum atomic E-state index is -3.37. The van der Waals surface area contributed by atoms with Crippen LogP contribution in [0.4, 0.5) is 4.39 Å². The zero-order chi connectivity index (χ0) is 14.6. The van der Waals surface area contributed by atoms with Crippen LogP contribution in [0.25, 0.3) is 0 Å². The van der Waals surface area contributed by atoms with Gasteiger partial charge in [-0.25, -0.2) is 12.8 Å². The van der Waals surface area contributed by atoms with Crippen molar-refractivity contribution in [2.24, 2.45) is 0 Å². The number of likely N-dealkylation sites (N-methyl/N-ethyl adjacent to an activating group) is 1. The van der Waals surface area contributed by atoms with E-state index in [1.807, 2.05) is 6.92 Å². The van der Waals surface area contributed by atoms with E-state index in [9.17, 15) is 12.8 Å². The maximum Gasteiger partial charge on any atom is 0.218 e. The van der Waals surface area contributed by atoms with Crippen molar-refractivity contribution in [3.05, 3.63) is 35.6 Å². The highest BCUT2D eigenvalue weighted by Gasteiger charge is 2.29. The van der Waals surface area contributed by atoms with Crippen molar-refractivity contribution in [3.8, 4) is 0 Å². The monoisotopic (exact) mass is 300 g/mol. The quantitative estimate of drug-likeness (QED) is 0.901. The third kappa shape index (κ3) is 3.77. The largest absolute Gasteiger partial charge is 0.315 e. The van der Waals surface area contributed by atoms with Crippen molar-refractivity contribution >= 4 is 10.0 Å². The van der Waals surface area contributed by atoms with Gasteiger partial charge in [-0.05, 0) is 37.1 Å². The second kappa shape index (κ2) is 6.65. The number of nitrogens with one attached hydrogen (secondary N) is 1. The van der Waals surface area contributed by atoms with Gasteiger partial charge in [-0.3, -0.25) is 0 Å². The van der Waals surface area contributed by atoms with E-state index in [0.29, 0.717) is 18.7 Å². The molecule has 1 aromatic rings. The zero-order valence-corrected chi connectivity index (χ0v) is 12.5. The highest BCUT2D eigenvalue weighted by Crippen LogP contribution is 2.18. The first-order valence-electron chi connectivity index (χ1n) is 6.97. The van der Waals surface area contributed by atoms with Crippen molar-refractivity contribution in [1.82, 2.24) is 9.62 Å². The molecule has 20 heavy (non-hydrogen) atoms. The van der Waals surface area contributed by atoms with Crippen molar-refractivity contribution < 1.29 is 12.8 Å². The fourth-order valence-corrected chi connectivity index (χ4v) is 4.44. The van der Waals surface area contributed by atoms with Gasteiger partial charge in [0.2, 0.25) is 10.0 Å². The van der Waals surface area contributed by atoms with Gasteiger partial charge in [0.15, 0.2) is 0 Å². The van der Waals surface area contributed by atoms with Gasteiger partial charge in [-0.15, -0.1) is 0 Å². The van der Waals surface area contributed by atoms with Crippen LogP contribution in [0.1, 0.15) is 25.3 Å². The molecule has 4 nitrogen and oxygen atoms in total. The third-order valence-corrected chi connectivity index (χ3v) is 5.58. The molecule has 1 aromatic carbocycles. The Balaban J connectivity index is 2.12. The molecule has 1 aliphatic heterocycles. The highest BCUT2D eigenvalue weighted by atomic mass is 32.2. The first kappa shape index (κ1) is 15.4. The van der Waals surface area contributed by atoms with E-state index in [1.54, 1.807) is 4.31 Å². The molecule has 0 bridgehead atoms. The second-order valence-corrected chi connectivity index (χ2v) is 7.01. The normalized spacial score (nSPS) is 20.2. The Hall–Kier alpha value is -0.980. The van der Waals surface area contributed by atoms with Crippen LogP contribution in [-0.2, 0) is 15.8 Å². The molecule has 1 atom stereocenters. The van der Waals surface area contributed by atoms with E-state index in [2.05, 4.69) is 5.32 Å². The number of hydrogen-bond acceptors (Lipinski definition) is 3. The molecule has 112 valence electrons. The number of benzene rings is 1. The van der Waals surface area contributed by atoms with Crippen molar-refractivity contribution in [2.45, 2.75) is 31.6 Å². The summed E-state index contributed by atoms with van der Waals surface area (Å²) in [4.78, 5) is 0. The molecule has 0 aromatic heterocycles. The fraction of sp³-hybridized carbons (Fsp3) is 0.571. The molecule has 0 aliphatic carbocycles. The Bertz CT molecular complexity index is 525. The molecular weight excluding hydrogens is 279 g/mol. The van der Waals surface area contributed by atoms with E-state index in [-0.39, 0.29) is 17.6 Å². The molecule has 0 saturated carbocycles. The fourth-order valence-electron chi connectivity index (χ4n) is 2.64. The van der Waals surface area contributed by atoms with Crippen molar-refractivity contribution in [3.63, 3.8) is 0 Å². The van der Waals surface area contributed by atoms with Crippen LogP contribution in [-0.4, -0.2) is 38.4 Å². The van der Waals surface area contributed by atoms with Gasteiger partial charge in [0, 0.05) is 19.1 Å². The molecule has 0 amide bonds. The number of rotatable bonds is 5. The van der Waals surface area contributed by atoms with Gasteiger partial charge in [0.25, 0.3) is 0 Å². The summed E-state index contributed by atoms with van der Waals surface area (Å²) in [5.74, 6) is -0.424. The molecule has 1 unspecified atom stereocenters. The Labute approximate surface area is 120 Å². The third-order valence-electron chi connectivity index (χ3n) is 3.61. The van der Waals surface area contributed by atoms with Gasteiger partial charge in [-0.2, -0.15) is 4.31 Å². The standard InChI is InChI=1S/C14H21FN2O2S/c1-2-17(14-4-3-9-16-10-14)20(18,19)11-12-5-7-13(15)8-6-12/h5-8,14,16H,2-4,9-11H2,1H3. The van der Waals surface area contributed by atoms with E-state index < -0.39 is 10.0 Å². The van der Waals surface area contributed by atoms with Crippen LogP contribution < -0.4 is 5.32 Å². The molecule has 1 fully saturated rings. The number of hydrogen-bond donors (Lipinski definition) is 1. The predicted molar refractivity (Wildman–Crippen MR) is 77.3 cm³/mol. The first-order chi connectivity index (χ1) is 9.53. The predicted octanol–water partition coefficient (Wildman–Crippen LogP) is 1.73. The Kier molecular flexibility index (Phi) is 5.12. The molecule has 0 radical (unpaired) electrons. The topological polar surface area (TPSA) is 49.4 Å². The van der Waals surface area contributed by atoms with E-state index in [1.165, 1.54) is 24.3 Å². The van der Waals surface area contributed by atoms with Crippen molar-refractivity contribution in [2.75, 3.05) is 19.6 Å². The average Bonchev–Trinajstić information content (AvgIpc) is 2.43. The van der Waals surface area contributed by atoms with Gasteiger partial charge in [0.1, 0.15) is 5.82 Å². The summed E-state index contributed by atoms with van der Waals surface area (Å²) in [6.45, 7) is 3.98. The lowest BCUT2D eigenvalue weighted by molar-refractivity contribution is 0.274. The van der Waals surface area contributed by atoms with Gasteiger partial charge in [-0.1, -0.05) is 19.1 Å². The van der Waals surface area contributed by atoms with Gasteiger partial charge in [0.05, 0.1) is 5.75 Å². The molecule has 1 N–H and O–H groups in total. The van der Waals surface area contributed by atoms with Crippen LogP contribution >= 0.6 is 0 Å². The molecule has 2 rings (SSSR count). The number of sulfonamides is 1. The Morgan fingerprint density at radius 1 is 1.35 bits per heavy atom. The molecule has 1 aliphatic rings. The lowest BCUT2D eigenvalue weighted by Crippen LogP contribution is -2.48. The summed E-state index contributed by atoms with van der Waals surface area (Å²) in [5.41, 5.74) is 0.619. The van der Waals surface area contributed by atoms with Crippen LogP contribution in [0.5, 0.6) is 0 Å². The lowest BCUT2D eigenvalue weighted by Gasteiger charge is -2.33. The summed E-state index contributed by atoms with van der Waals surface area (Å²) in [7, 11) is -3.37. The Morgan fingerprint density at radius 3 is 2.60 bits per heavy atom. The number of piperidine rings is 1. The molecule has 0 spiro atoms. The summed E-state index contributed by atoms with van der Waals surface area (Å²) >= 11 is 0. The maximum absolute atomic E-state index is 12.9. The zero-order valence-electron chi connectivity index (χ0n) is 11.7. The summed E-state index contributed by atoms with van der Waals surface area (Å²) in [5, 5.41) is 3.24. The SMILES string of the molecule is CCN(C1CCCNC1)S(=O)(=O)Cc1ccc(F)cc1. The summed E-state index contributed by atoms with van der Waals surface area (Å²) in [6.07, 6.45) is 1.89. The van der Waals surface area contributed by atoms with E-state index in [4.69, 9.17) is 0 Å². The van der Waals surface area contributed by atoms with Crippen LogP contribution in [0.15, 0.2) is 24.3 Å². The van der Waals surface area contributed by atoms with Crippen LogP contribution in [0.2, 0.25) is 0 Å². The average molecular weight is 300 g/mol. The smallest absolute Gasteiger partial charge is 0.218 e. The summed E-state index contributed by atoms with van der Waals surface area (Å²) < 4.78 is 39.5. The summed E-state index contributed by atoms with van der Waals surface area (Å²) in [6, 6.07) is 5.67. The maximum atomic E-state index is 12.9. The Morgan fingerprint density at radius 2 is 2.05 bits per heavy atom. The van der Waals surface area contributed by atoms with Crippen molar-refractivity contribution in [1.29, 1.82) is 0 Å². The first-order valence-corrected chi connectivity index (χ1v) is 8.58. The molecule has 1 heterocycles. The van der Waals surface area contributed by atoms with Crippen LogP contribution in [0, 0.1) is 5.82 Å². The number of nitrogens with zero attached hydrogens (tertiary/aromatic N) is 1. The molecule has 1 saturated heterocycles. The molecule has 6 heteroatoms.